The Morgan fingerprint density at radius 3 is 2.50 bits per heavy atom. The van der Waals surface area contributed by atoms with Gasteiger partial charge in [0.1, 0.15) is 0 Å². The molecule has 0 saturated carbocycles. The SMILES string of the molecule is C=C(CC)CC(C)CC(=C)C1CCn2c(C(=C)c3ccccc3)ccc21. The lowest BCUT2D eigenvalue weighted by atomic mass is 9.86. The van der Waals surface area contributed by atoms with Crippen molar-refractivity contribution < 1.29 is 0 Å². The van der Waals surface area contributed by atoms with Gasteiger partial charge in [0.2, 0.25) is 0 Å². The molecule has 1 aromatic heterocycles. The van der Waals surface area contributed by atoms with Crippen LogP contribution in [0.4, 0.5) is 0 Å². The summed E-state index contributed by atoms with van der Waals surface area (Å²) in [5, 5.41) is 0. The van der Waals surface area contributed by atoms with Gasteiger partial charge in [-0.15, -0.1) is 0 Å². The Kier molecular flexibility index (Phi) is 5.66. The van der Waals surface area contributed by atoms with Crippen molar-refractivity contribution in [2.75, 3.05) is 0 Å². The Balaban J connectivity index is 1.73. The lowest BCUT2D eigenvalue weighted by Crippen LogP contribution is -2.04. The van der Waals surface area contributed by atoms with Gasteiger partial charge in [-0.1, -0.05) is 75.1 Å². The summed E-state index contributed by atoms with van der Waals surface area (Å²) in [6, 6.07) is 15.0. The monoisotopic (exact) mass is 345 g/mol. The standard InChI is InChI=1S/C25H31N/c1-6-18(2)16-19(3)17-20(4)23-14-15-26-24(12-13-25(23)26)21(5)22-10-8-7-9-11-22/h7-13,19,23H,2,4-6,14-17H2,1,3H3. The molecule has 0 N–H and O–H groups in total. The lowest BCUT2D eigenvalue weighted by molar-refractivity contribution is 0.541. The van der Waals surface area contributed by atoms with Gasteiger partial charge in [0.25, 0.3) is 0 Å². The number of nitrogens with zero attached hydrogens (tertiary/aromatic N) is 1. The Morgan fingerprint density at radius 2 is 1.81 bits per heavy atom. The van der Waals surface area contributed by atoms with E-state index in [4.69, 9.17) is 0 Å². The van der Waals surface area contributed by atoms with Gasteiger partial charge in [-0.25, -0.2) is 0 Å². The van der Waals surface area contributed by atoms with Crippen LogP contribution in [-0.2, 0) is 6.54 Å². The van der Waals surface area contributed by atoms with E-state index in [-0.39, 0.29) is 0 Å². The van der Waals surface area contributed by atoms with Gasteiger partial charge >= 0.3 is 0 Å². The van der Waals surface area contributed by atoms with Crippen LogP contribution >= 0.6 is 0 Å². The molecule has 1 aliphatic rings. The van der Waals surface area contributed by atoms with Crippen molar-refractivity contribution in [3.63, 3.8) is 0 Å². The first-order valence-electron chi connectivity index (χ1n) is 9.79. The van der Waals surface area contributed by atoms with E-state index in [1.807, 2.05) is 6.07 Å². The third kappa shape index (κ3) is 3.77. The number of fused-ring (bicyclic) bond motifs is 1. The summed E-state index contributed by atoms with van der Waals surface area (Å²) in [6.45, 7) is 18.5. The number of hydrogen-bond donors (Lipinski definition) is 0. The molecule has 1 heteroatoms. The van der Waals surface area contributed by atoms with Crippen LogP contribution in [0.25, 0.3) is 5.57 Å². The fourth-order valence-corrected chi connectivity index (χ4v) is 4.21. The quantitative estimate of drug-likeness (QED) is 0.455. The van der Waals surface area contributed by atoms with E-state index in [9.17, 15) is 0 Å². The highest BCUT2D eigenvalue weighted by molar-refractivity contribution is 5.77. The van der Waals surface area contributed by atoms with Gasteiger partial charge in [0.05, 0.1) is 0 Å². The Bertz CT molecular complexity index is 806. The molecule has 3 rings (SSSR count). The number of benzene rings is 1. The van der Waals surface area contributed by atoms with Crippen molar-refractivity contribution in [1.82, 2.24) is 4.57 Å². The second-order valence-corrected chi connectivity index (χ2v) is 7.76. The Labute approximate surface area is 158 Å². The highest BCUT2D eigenvalue weighted by Crippen LogP contribution is 2.40. The first-order chi connectivity index (χ1) is 12.5. The summed E-state index contributed by atoms with van der Waals surface area (Å²) < 4.78 is 2.45. The average Bonchev–Trinajstić information content (AvgIpc) is 3.23. The second-order valence-electron chi connectivity index (χ2n) is 7.76. The van der Waals surface area contributed by atoms with Gasteiger partial charge in [0, 0.05) is 23.9 Å². The number of allylic oxidation sites excluding steroid dienone is 2. The molecule has 0 spiro atoms. The van der Waals surface area contributed by atoms with E-state index < -0.39 is 0 Å². The molecule has 0 amide bonds. The third-order valence-corrected chi connectivity index (χ3v) is 5.68. The number of rotatable bonds is 8. The summed E-state index contributed by atoms with van der Waals surface area (Å²) in [5.41, 5.74) is 7.67. The summed E-state index contributed by atoms with van der Waals surface area (Å²) in [5.74, 6) is 1.10. The van der Waals surface area contributed by atoms with Crippen LogP contribution in [-0.4, -0.2) is 4.57 Å². The van der Waals surface area contributed by atoms with E-state index >= 15 is 0 Å². The van der Waals surface area contributed by atoms with E-state index in [2.05, 4.69) is 74.5 Å². The zero-order valence-electron chi connectivity index (χ0n) is 16.3. The molecule has 2 unspecified atom stereocenters. The zero-order chi connectivity index (χ0) is 18.7. The fraction of sp³-hybridized carbons (Fsp3) is 0.360. The summed E-state index contributed by atoms with van der Waals surface area (Å²) in [6.07, 6.45) is 4.43. The van der Waals surface area contributed by atoms with Gasteiger partial charge in [-0.3, -0.25) is 0 Å². The predicted octanol–water partition coefficient (Wildman–Crippen LogP) is 6.98. The van der Waals surface area contributed by atoms with E-state index in [1.165, 1.54) is 28.1 Å². The van der Waals surface area contributed by atoms with Crippen molar-refractivity contribution in [3.8, 4) is 0 Å². The van der Waals surface area contributed by atoms with Gasteiger partial charge < -0.3 is 4.57 Å². The van der Waals surface area contributed by atoms with Gasteiger partial charge in [-0.05, 0) is 54.9 Å². The molecule has 0 fully saturated rings. The molecular weight excluding hydrogens is 314 g/mol. The van der Waals surface area contributed by atoms with Gasteiger partial charge in [0.15, 0.2) is 0 Å². The van der Waals surface area contributed by atoms with Crippen molar-refractivity contribution in [1.29, 1.82) is 0 Å². The van der Waals surface area contributed by atoms with Crippen LogP contribution in [0.5, 0.6) is 0 Å². The van der Waals surface area contributed by atoms with E-state index in [1.54, 1.807) is 0 Å². The zero-order valence-corrected chi connectivity index (χ0v) is 16.3. The minimum atomic E-state index is 0.477. The number of hydrogen-bond acceptors (Lipinski definition) is 0. The maximum absolute atomic E-state index is 4.46. The first kappa shape index (κ1) is 18.5. The highest BCUT2D eigenvalue weighted by atomic mass is 15.0. The average molecular weight is 346 g/mol. The Hall–Kier alpha value is -2.28. The normalized spacial score (nSPS) is 16.9. The molecule has 0 bridgehead atoms. The molecule has 136 valence electrons. The van der Waals surface area contributed by atoms with Crippen LogP contribution in [0.1, 0.15) is 62.4 Å². The lowest BCUT2D eigenvalue weighted by Gasteiger charge is -2.18. The van der Waals surface area contributed by atoms with Crippen LogP contribution in [0.15, 0.2) is 73.3 Å². The maximum Gasteiger partial charge on any atom is 0.0482 e. The van der Waals surface area contributed by atoms with Crippen LogP contribution in [0.2, 0.25) is 0 Å². The summed E-state index contributed by atoms with van der Waals surface area (Å²) >= 11 is 0. The molecular formula is C25H31N. The largest absolute Gasteiger partial charge is 0.344 e. The van der Waals surface area contributed by atoms with Crippen molar-refractivity contribution in [2.24, 2.45) is 5.92 Å². The molecule has 1 nitrogen and oxygen atoms in total. The molecule has 0 saturated heterocycles. The summed E-state index contributed by atoms with van der Waals surface area (Å²) in [4.78, 5) is 0. The highest BCUT2D eigenvalue weighted by Gasteiger charge is 2.28. The molecule has 1 aromatic carbocycles. The molecule has 2 aromatic rings. The Morgan fingerprint density at radius 1 is 1.08 bits per heavy atom. The predicted molar refractivity (Wildman–Crippen MR) is 113 cm³/mol. The van der Waals surface area contributed by atoms with Crippen molar-refractivity contribution in [2.45, 2.75) is 52.0 Å². The maximum atomic E-state index is 4.46. The van der Waals surface area contributed by atoms with Gasteiger partial charge in [-0.2, -0.15) is 0 Å². The second kappa shape index (κ2) is 7.95. The van der Waals surface area contributed by atoms with Crippen molar-refractivity contribution >= 4 is 5.57 Å². The van der Waals surface area contributed by atoms with E-state index in [0.717, 1.165) is 37.8 Å². The molecule has 1 aliphatic heterocycles. The first-order valence-corrected chi connectivity index (χ1v) is 9.79. The van der Waals surface area contributed by atoms with Crippen molar-refractivity contribution in [3.05, 3.63) is 90.3 Å². The molecule has 0 aliphatic carbocycles. The fourth-order valence-electron chi connectivity index (χ4n) is 4.21. The van der Waals surface area contributed by atoms with Crippen LogP contribution < -0.4 is 0 Å². The van der Waals surface area contributed by atoms with Crippen LogP contribution in [0, 0.1) is 5.92 Å². The minimum absolute atomic E-state index is 0.477. The molecule has 0 radical (unpaired) electrons. The smallest absolute Gasteiger partial charge is 0.0482 e. The molecule has 26 heavy (non-hydrogen) atoms. The molecule has 2 heterocycles. The third-order valence-electron chi connectivity index (χ3n) is 5.68. The number of aromatic nitrogens is 1. The van der Waals surface area contributed by atoms with Crippen LogP contribution in [0.3, 0.4) is 0 Å². The topological polar surface area (TPSA) is 4.93 Å². The minimum Gasteiger partial charge on any atom is -0.344 e. The molecule has 2 atom stereocenters. The summed E-state index contributed by atoms with van der Waals surface area (Å²) in [7, 11) is 0. The van der Waals surface area contributed by atoms with E-state index in [0.29, 0.717) is 11.8 Å².